The highest BCUT2D eigenvalue weighted by atomic mass is 32.1. The van der Waals surface area contributed by atoms with Crippen LogP contribution >= 0.6 is 11.3 Å². The number of nitrogens with two attached hydrogens (primary N) is 1. The predicted octanol–water partition coefficient (Wildman–Crippen LogP) is 0.733. The number of quaternary nitrogens is 1. The molecule has 3 aromatic heterocycles. The second-order valence-corrected chi connectivity index (χ2v) is 9.12. The van der Waals surface area contributed by atoms with E-state index in [2.05, 4.69) is 30.5 Å². The fourth-order valence-corrected chi connectivity index (χ4v) is 6.11. The van der Waals surface area contributed by atoms with Gasteiger partial charge in [0.1, 0.15) is 20.9 Å². The number of aromatic nitrogens is 4. The SMILES string of the molecule is C1CCc2c(c(N3CCOCC3)nc3sc4c(N5CC[NH2+]CC5)nnnc4c23)C1. The van der Waals surface area contributed by atoms with E-state index in [1.54, 1.807) is 11.3 Å². The Balaban J connectivity index is 1.57. The number of piperazine rings is 1. The molecule has 0 radical (unpaired) electrons. The van der Waals surface area contributed by atoms with Crippen LogP contribution < -0.4 is 15.1 Å². The first-order valence-electron chi connectivity index (χ1n) is 10.8. The van der Waals surface area contributed by atoms with Gasteiger partial charge in [0, 0.05) is 18.5 Å². The zero-order valence-corrected chi connectivity index (χ0v) is 17.4. The molecule has 2 fully saturated rings. The van der Waals surface area contributed by atoms with Gasteiger partial charge >= 0.3 is 0 Å². The number of rotatable bonds is 2. The summed E-state index contributed by atoms with van der Waals surface area (Å²) in [5, 5.41) is 16.7. The van der Waals surface area contributed by atoms with E-state index in [0.29, 0.717) is 0 Å². The fourth-order valence-electron chi connectivity index (χ4n) is 4.96. The molecule has 29 heavy (non-hydrogen) atoms. The minimum atomic E-state index is 0.784. The molecule has 0 spiro atoms. The standard InChI is InChI=1S/C20H25N7OS/c1-2-4-14-13(3-1)15-16-17(19(24-25-23-16)26-7-5-21-6-8-26)29-20(15)22-18(14)27-9-11-28-12-10-27/h21H,1-12H2/p+1. The zero-order chi connectivity index (χ0) is 19.2. The first kappa shape index (κ1) is 17.7. The first-order chi connectivity index (χ1) is 14.4. The molecule has 0 amide bonds. The van der Waals surface area contributed by atoms with E-state index in [1.165, 1.54) is 35.2 Å². The van der Waals surface area contributed by atoms with Gasteiger partial charge in [-0.1, -0.05) is 0 Å². The molecule has 2 saturated heterocycles. The van der Waals surface area contributed by atoms with Crippen molar-refractivity contribution < 1.29 is 10.1 Å². The fraction of sp³-hybridized carbons (Fsp3) is 0.600. The lowest BCUT2D eigenvalue weighted by molar-refractivity contribution is -0.655. The summed E-state index contributed by atoms with van der Waals surface area (Å²) in [6.45, 7) is 7.63. The summed E-state index contributed by atoms with van der Waals surface area (Å²) in [7, 11) is 0. The molecule has 8 nitrogen and oxygen atoms in total. The van der Waals surface area contributed by atoms with Crippen molar-refractivity contribution in [2.75, 3.05) is 62.3 Å². The third-order valence-electron chi connectivity index (χ3n) is 6.42. The quantitative estimate of drug-likeness (QED) is 0.664. The van der Waals surface area contributed by atoms with Crippen LogP contribution in [0.1, 0.15) is 24.0 Å². The highest BCUT2D eigenvalue weighted by molar-refractivity contribution is 7.26. The number of morpholine rings is 1. The van der Waals surface area contributed by atoms with Crippen molar-refractivity contribution in [2.24, 2.45) is 0 Å². The van der Waals surface area contributed by atoms with Gasteiger partial charge in [0.05, 0.1) is 39.4 Å². The van der Waals surface area contributed by atoms with Crippen LogP contribution in [0, 0.1) is 0 Å². The van der Waals surface area contributed by atoms with E-state index in [-0.39, 0.29) is 0 Å². The van der Waals surface area contributed by atoms with Gasteiger partial charge in [-0.15, -0.1) is 21.5 Å². The van der Waals surface area contributed by atoms with Gasteiger partial charge < -0.3 is 19.9 Å². The van der Waals surface area contributed by atoms with Crippen molar-refractivity contribution in [1.82, 2.24) is 20.4 Å². The van der Waals surface area contributed by atoms with E-state index < -0.39 is 0 Å². The van der Waals surface area contributed by atoms with Crippen molar-refractivity contribution in [2.45, 2.75) is 25.7 Å². The smallest absolute Gasteiger partial charge is 0.173 e. The van der Waals surface area contributed by atoms with Crippen molar-refractivity contribution in [3.05, 3.63) is 11.1 Å². The summed E-state index contributed by atoms with van der Waals surface area (Å²) in [6.07, 6.45) is 4.69. The lowest BCUT2D eigenvalue weighted by Gasteiger charge is -2.31. The zero-order valence-electron chi connectivity index (χ0n) is 16.6. The Morgan fingerprint density at radius 3 is 2.45 bits per heavy atom. The summed E-state index contributed by atoms with van der Waals surface area (Å²) in [4.78, 5) is 11.1. The molecule has 0 saturated carbocycles. The van der Waals surface area contributed by atoms with Crippen LogP contribution in [0.4, 0.5) is 11.6 Å². The second kappa shape index (κ2) is 7.30. The Morgan fingerprint density at radius 2 is 1.62 bits per heavy atom. The normalized spacial score (nSPS) is 20.4. The van der Waals surface area contributed by atoms with E-state index in [9.17, 15) is 0 Å². The van der Waals surface area contributed by atoms with Crippen LogP contribution in [-0.4, -0.2) is 72.9 Å². The molecule has 9 heteroatoms. The maximum absolute atomic E-state index is 5.58. The molecule has 3 aromatic rings. The van der Waals surface area contributed by atoms with Crippen LogP contribution in [-0.2, 0) is 17.6 Å². The van der Waals surface area contributed by atoms with Crippen LogP contribution in [0.2, 0.25) is 0 Å². The van der Waals surface area contributed by atoms with Crippen molar-refractivity contribution in [3.63, 3.8) is 0 Å². The maximum atomic E-state index is 5.58. The van der Waals surface area contributed by atoms with Crippen molar-refractivity contribution >= 4 is 43.4 Å². The van der Waals surface area contributed by atoms with Gasteiger partial charge in [-0.3, -0.25) is 0 Å². The summed E-state index contributed by atoms with van der Waals surface area (Å²) in [5.41, 5.74) is 3.88. The Hall–Kier alpha value is -2.10. The number of aryl methyl sites for hydroxylation is 1. The number of thiophene rings is 1. The summed E-state index contributed by atoms with van der Waals surface area (Å²) < 4.78 is 6.73. The highest BCUT2D eigenvalue weighted by Gasteiger charge is 2.28. The van der Waals surface area contributed by atoms with Gasteiger partial charge in [0.15, 0.2) is 5.82 Å². The molecule has 0 unspecified atom stereocenters. The number of ether oxygens (including phenoxy) is 1. The van der Waals surface area contributed by atoms with E-state index in [0.717, 1.165) is 86.2 Å². The Labute approximate surface area is 173 Å². The molecule has 1 aliphatic carbocycles. The van der Waals surface area contributed by atoms with Crippen molar-refractivity contribution in [3.8, 4) is 0 Å². The molecule has 2 N–H and O–H groups in total. The topological polar surface area (TPSA) is 83.9 Å². The first-order valence-corrected chi connectivity index (χ1v) is 11.6. The van der Waals surface area contributed by atoms with Crippen LogP contribution in [0.3, 0.4) is 0 Å². The molecule has 2 aliphatic heterocycles. The number of fused-ring (bicyclic) bond motifs is 5. The molecule has 5 heterocycles. The third-order valence-corrected chi connectivity index (χ3v) is 7.48. The molecular weight excluding hydrogens is 386 g/mol. The summed E-state index contributed by atoms with van der Waals surface area (Å²) in [5.74, 6) is 2.17. The molecule has 0 bridgehead atoms. The minimum Gasteiger partial charge on any atom is -0.378 e. The van der Waals surface area contributed by atoms with Crippen LogP contribution in [0.25, 0.3) is 20.4 Å². The van der Waals surface area contributed by atoms with Crippen LogP contribution in [0.15, 0.2) is 0 Å². The van der Waals surface area contributed by atoms with Gasteiger partial charge in [0.2, 0.25) is 0 Å². The second-order valence-electron chi connectivity index (χ2n) is 8.13. The number of pyridine rings is 1. The lowest BCUT2D eigenvalue weighted by atomic mass is 9.90. The van der Waals surface area contributed by atoms with Gasteiger partial charge in [-0.2, -0.15) is 0 Å². The minimum absolute atomic E-state index is 0.784. The highest BCUT2D eigenvalue weighted by Crippen LogP contribution is 2.43. The predicted molar refractivity (Wildman–Crippen MR) is 114 cm³/mol. The van der Waals surface area contributed by atoms with Crippen LogP contribution in [0.5, 0.6) is 0 Å². The number of anilines is 2. The molecule has 3 aliphatic rings. The molecule has 0 aromatic carbocycles. The monoisotopic (exact) mass is 412 g/mol. The Morgan fingerprint density at radius 1 is 0.862 bits per heavy atom. The molecular formula is C20H26N7OS+. The average Bonchev–Trinajstić information content (AvgIpc) is 3.18. The van der Waals surface area contributed by atoms with E-state index in [4.69, 9.17) is 9.72 Å². The number of hydrogen-bond donors (Lipinski definition) is 1. The third kappa shape index (κ3) is 2.94. The average molecular weight is 413 g/mol. The summed E-state index contributed by atoms with van der Waals surface area (Å²) >= 11 is 1.75. The number of nitrogens with zero attached hydrogens (tertiary/aromatic N) is 6. The number of hydrogen-bond acceptors (Lipinski definition) is 8. The Bertz CT molecular complexity index is 1060. The lowest BCUT2D eigenvalue weighted by Crippen LogP contribution is -2.89. The van der Waals surface area contributed by atoms with E-state index in [1.807, 2.05) is 0 Å². The van der Waals surface area contributed by atoms with Crippen molar-refractivity contribution in [1.29, 1.82) is 0 Å². The molecule has 152 valence electrons. The summed E-state index contributed by atoms with van der Waals surface area (Å²) in [6, 6.07) is 0. The van der Waals surface area contributed by atoms with Gasteiger partial charge in [-0.25, -0.2) is 4.98 Å². The molecule has 6 rings (SSSR count). The largest absolute Gasteiger partial charge is 0.378 e. The van der Waals surface area contributed by atoms with Gasteiger partial charge in [-0.05, 0) is 42.0 Å². The molecule has 0 atom stereocenters. The van der Waals surface area contributed by atoms with E-state index >= 15 is 0 Å². The maximum Gasteiger partial charge on any atom is 0.173 e. The van der Waals surface area contributed by atoms with Gasteiger partial charge in [0.25, 0.3) is 0 Å². The Kier molecular flexibility index (Phi) is 4.46.